The van der Waals surface area contributed by atoms with Crippen molar-refractivity contribution in [3.63, 3.8) is 0 Å². The molecule has 4 heteroatoms. The van der Waals surface area contributed by atoms with Gasteiger partial charge < -0.3 is 9.72 Å². The molecule has 0 aliphatic rings. The van der Waals surface area contributed by atoms with Crippen molar-refractivity contribution >= 4 is 22.9 Å². The molecule has 0 saturated carbocycles. The first kappa shape index (κ1) is 9.71. The van der Waals surface area contributed by atoms with E-state index in [9.17, 15) is 0 Å². The number of H-pyrrole nitrogens is 1. The molecular formula is C11H13N3O. The van der Waals surface area contributed by atoms with Crippen LogP contribution >= 0.6 is 0 Å². The quantitative estimate of drug-likeness (QED) is 0.602. The van der Waals surface area contributed by atoms with E-state index in [1.165, 1.54) is 0 Å². The number of aliphatic imine (C=N–C) groups is 1. The second-order valence-corrected chi connectivity index (χ2v) is 3.14. The van der Waals surface area contributed by atoms with Crippen molar-refractivity contribution in [3.8, 4) is 0 Å². The van der Waals surface area contributed by atoms with Crippen LogP contribution in [0.4, 0.5) is 5.95 Å². The standard InChI is InChI=1S/C11H13N3O/c1-3-15-8(2)12-11-13-9-6-4-5-7-10(9)14-11/h4-7H,3H2,1-2H3,(H,13,14)/b12-8+. The summed E-state index contributed by atoms with van der Waals surface area (Å²) in [6.45, 7) is 4.36. The average molecular weight is 203 g/mol. The number of fused-ring (bicyclic) bond motifs is 1. The lowest BCUT2D eigenvalue weighted by atomic mass is 10.3. The van der Waals surface area contributed by atoms with Gasteiger partial charge in [0.25, 0.3) is 0 Å². The number of hydrogen-bond donors (Lipinski definition) is 1. The van der Waals surface area contributed by atoms with Crippen molar-refractivity contribution in [3.05, 3.63) is 24.3 Å². The van der Waals surface area contributed by atoms with Gasteiger partial charge in [-0.05, 0) is 19.1 Å². The van der Waals surface area contributed by atoms with Gasteiger partial charge in [-0.3, -0.25) is 0 Å². The van der Waals surface area contributed by atoms with Gasteiger partial charge in [0.1, 0.15) is 0 Å². The normalized spacial score (nSPS) is 12.0. The summed E-state index contributed by atoms with van der Waals surface area (Å²) in [6.07, 6.45) is 0. The minimum atomic E-state index is 0.585. The summed E-state index contributed by atoms with van der Waals surface area (Å²) in [5.41, 5.74) is 1.90. The van der Waals surface area contributed by atoms with Crippen molar-refractivity contribution in [1.29, 1.82) is 0 Å². The summed E-state index contributed by atoms with van der Waals surface area (Å²) in [6, 6.07) is 7.83. The van der Waals surface area contributed by atoms with Crippen molar-refractivity contribution in [1.82, 2.24) is 9.97 Å². The maximum Gasteiger partial charge on any atom is 0.230 e. The van der Waals surface area contributed by atoms with E-state index in [1.54, 1.807) is 0 Å². The van der Waals surface area contributed by atoms with Gasteiger partial charge in [0.2, 0.25) is 5.95 Å². The number of aromatic nitrogens is 2. The number of nitrogens with zero attached hydrogens (tertiary/aromatic N) is 2. The highest BCUT2D eigenvalue weighted by molar-refractivity contribution is 5.80. The van der Waals surface area contributed by atoms with Gasteiger partial charge in [-0.15, -0.1) is 0 Å². The molecular weight excluding hydrogens is 190 g/mol. The molecule has 2 aromatic rings. The van der Waals surface area contributed by atoms with E-state index >= 15 is 0 Å². The molecule has 0 bridgehead atoms. The van der Waals surface area contributed by atoms with Crippen molar-refractivity contribution in [2.75, 3.05) is 6.61 Å². The van der Waals surface area contributed by atoms with Crippen LogP contribution in [-0.2, 0) is 4.74 Å². The fourth-order valence-electron chi connectivity index (χ4n) is 1.38. The van der Waals surface area contributed by atoms with Crippen LogP contribution in [0.5, 0.6) is 0 Å². The highest BCUT2D eigenvalue weighted by Gasteiger charge is 2.00. The molecule has 4 nitrogen and oxygen atoms in total. The van der Waals surface area contributed by atoms with Crippen LogP contribution in [0.3, 0.4) is 0 Å². The molecule has 1 heterocycles. The Bertz CT molecular complexity index is 454. The molecule has 0 radical (unpaired) electrons. The van der Waals surface area contributed by atoms with Crippen molar-refractivity contribution in [2.45, 2.75) is 13.8 Å². The Labute approximate surface area is 88.0 Å². The Kier molecular flexibility index (Phi) is 2.67. The van der Waals surface area contributed by atoms with Crippen LogP contribution in [0, 0.1) is 0 Å². The van der Waals surface area contributed by atoms with E-state index < -0.39 is 0 Å². The molecule has 1 aromatic carbocycles. The summed E-state index contributed by atoms with van der Waals surface area (Å²) in [5, 5.41) is 0. The van der Waals surface area contributed by atoms with Crippen LogP contribution < -0.4 is 0 Å². The molecule has 0 unspecified atom stereocenters. The average Bonchev–Trinajstić information content (AvgIpc) is 2.59. The SMILES string of the molecule is CCO/C(C)=N/c1nc2ccccc2[nH]1. The first-order chi connectivity index (χ1) is 7.29. The number of aromatic amines is 1. The van der Waals surface area contributed by atoms with Gasteiger partial charge in [-0.2, -0.15) is 4.99 Å². The number of para-hydroxylation sites is 2. The van der Waals surface area contributed by atoms with Gasteiger partial charge in [0.05, 0.1) is 17.6 Å². The molecule has 1 N–H and O–H groups in total. The third-order valence-corrected chi connectivity index (χ3v) is 1.99. The monoisotopic (exact) mass is 203 g/mol. The minimum Gasteiger partial charge on any atom is -0.481 e. The second-order valence-electron chi connectivity index (χ2n) is 3.14. The van der Waals surface area contributed by atoms with Crippen molar-refractivity contribution in [2.24, 2.45) is 4.99 Å². The second kappa shape index (κ2) is 4.13. The van der Waals surface area contributed by atoms with Crippen LogP contribution in [0.15, 0.2) is 29.3 Å². The first-order valence-corrected chi connectivity index (χ1v) is 4.92. The predicted molar refractivity (Wildman–Crippen MR) is 60.5 cm³/mol. The Hall–Kier alpha value is -1.84. The molecule has 0 amide bonds. The lowest BCUT2D eigenvalue weighted by Crippen LogP contribution is -1.97. The molecule has 15 heavy (non-hydrogen) atoms. The fourth-order valence-corrected chi connectivity index (χ4v) is 1.38. The third-order valence-electron chi connectivity index (χ3n) is 1.99. The van der Waals surface area contributed by atoms with Crippen LogP contribution in [0.2, 0.25) is 0 Å². The zero-order chi connectivity index (χ0) is 10.7. The lowest BCUT2D eigenvalue weighted by molar-refractivity contribution is 0.324. The molecule has 0 aliphatic carbocycles. The van der Waals surface area contributed by atoms with Crippen LogP contribution in [-0.4, -0.2) is 22.5 Å². The van der Waals surface area contributed by atoms with E-state index in [0.717, 1.165) is 11.0 Å². The highest BCUT2D eigenvalue weighted by Crippen LogP contribution is 2.15. The summed E-state index contributed by atoms with van der Waals surface area (Å²) < 4.78 is 5.23. The number of rotatable bonds is 2. The van der Waals surface area contributed by atoms with E-state index in [1.807, 2.05) is 38.1 Å². The summed E-state index contributed by atoms with van der Waals surface area (Å²) in [7, 11) is 0. The van der Waals surface area contributed by atoms with Gasteiger partial charge in [-0.25, -0.2) is 4.98 Å². The molecule has 2 rings (SSSR count). The summed E-state index contributed by atoms with van der Waals surface area (Å²) in [5.74, 6) is 1.21. The van der Waals surface area contributed by atoms with E-state index in [4.69, 9.17) is 4.74 Å². The number of imidazole rings is 1. The number of benzene rings is 1. The molecule has 78 valence electrons. The molecule has 1 aromatic heterocycles. The van der Waals surface area contributed by atoms with Crippen molar-refractivity contribution < 1.29 is 4.74 Å². The molecule has 0 atom stereocenters. The third kappa shape index (κ3) is 2.15. The molecule has 0 aliphatic heterocycles. The molecule has 0 fully saturated rings. The maximum absolute atomic E-state index is 5.23. The zero-order valence-corrected chi connectivity index (χ0v) is 8.82. The number of nitrogens with one attached hydrogen (secondary N) is 1. The van der Waals surface area contributed by atoms with Crippen LogP contribution in [0.25, 0.3) is 11.0 Å². The number of ether oxygens (including phenoxy) is 1. The topological polar surface area (TPSA) is 50.3 Å². The fraction of sp³-hybridized carbons (Fsp3) is 0.273. The van der Waals surface area contributed by atoms with Gasteiger partial charge in [-0.1, -0.05) is 12.1 Å². The molecule has 0 saturated heterocycles. The first-order valence-electron chi connectivity index (χ1n) is 4.92. The zero-order valence-electron chi connectivity index (χ0n) is 8.82. The summed E-state index contributed by atoms with van der Waals surface area (Å²) in [4.78, 5) is 11.6. The van der Waals surface area contributed by atoms with Gasteiger partial charge >= 0.3 is 0 Å². The van der Waals surface area contributed by atoms with E-state index in [0.29, 0.717) is 18.5 Å². The van der Waals surface area contributed by atoms with Crippen LogP contribution in [0.1, 0.15) is 13.8 Å². The lowest BCUT2D eigenvalue weighted by Gasteiger charge is -1.98. The number of hydrogen-bond acceptors (Lipinski definition) is 3. The Morgan fingerprint density at radius 2 is 2.27 bits per heavy atom. The van der Waals surface area contributed by atoms with Gasteiger partial charge in [0, 0.05) is 6.92 Å². The maximum atomic E-state index is 5.23. The molecule has 0 spiro atoms. The van der Waals surface area contributed by atoms with E-state index in [-0.39, 0.29) is 0 Å². The minimum absolute atomic E-state index is 0.585. The Balaban J connectivity index is 2.33. The highest BCUT2D eigenvalue weighted by atomic mass is 16.5. The smallest absolute Gasteiger partial charge is 0.230 e. The Morgan fingerprint density at radius 3 is 3.00 bits per heavy atom. The van der Waals surface area contributed by atoms with E-state index in [2.05, 4.69) is 15.0 Å². The Morgan fingerprint density at radius 1 is 1.47 bits per heavy atom. The van der Waals surface area contributed by atoms with Gasteiger partial charge in [0.15, 0.2) is 5.90 Å². The largest absolute Gasteiger partial charge is 0.481 e. The predicted octanol–water partition coefficient (Wildman–Crippen LogP) is 2.65. The summed E-state index contributed by atoms with van der Waals surface area (Å²) >= 11 is 0.